The molecule has 0 atom stereocenters. The van der Waals surface area contributed by atoms with Crippen LogP contribution in [0.15, 0.2) is 48.1 Å². The van der Waals surface area contributed by atoms with E-state index in [4.69, 9.17) is 0 Å². The first kappa shape index (κ1) is 11.5. The highest BCUT2D eigenvalue weighted by atomic mass is 16.1. The molecule has 80 valence electrons. The lowest BCUT2D eigenvalue weighted by Gasteiger charge is -2.04. The van der Waals surface area contributed by atoms with Crippen LogP contribution in [-0.2, 0) is 4.79 Å². The van der Waals surface area contributed by atoms with Crippen LogP contribution >= 0.6 is 0 Å². The van der Waals surface area contributed by atoms with E-state index in [1.54, 1.807) is 12.2 Å². The van der Waals surface area contributed by atoms with Crippen LogP contribution in [0.2, 0.25) is 0 Å². The van der Waals surface area contributed by atoms with E-state index in [2.05, 4.69) is 10.6 Å². The van der Waals surface area contributed by atoms with E-state index in [1.165, 1.54) is 0 Å². The van der Waals surface area contributed by atoms with Crippen LogP contribution in [0.25, 0.3) is 0 Å². The Morgan fingerprint density at radius 3 is 2.67 bits per heavy atom. The van der Waals surface area contributed by atoms with Crippen LogP contribution in [0.1, 0.15) is 0 Å². The van der Waals surface area contributed by atoms with Crippen molar-refractivity contribution in [1.29, 1.82) is 0 Å². The lowest BCUT2D eigenvalue weighted by molar-refractivity contribution is -0.117. The minimum Gasteiger partial charge on any atom is -0.351 e. The van der Waals surface area contributed by atoms with Crippen LogP contribution in [0, 0.1) is 0 Å². The maximum Gasteiger partial charge on any atom is 0.251 e. The number of hydrogen-bond donors (Lipinski definition) is 2. The summed E-state index contributed by atoms with van der Waals surface area (Å²) >= 11 is 0. The number of nitrogens with one attached hydrogen (secondary N) is 2. The Bertz CT molecular complexity index is 325. The Balaban J connectivity index is 2.51. The summed E-state index contributed by atoms with van der Waals surface area (Å²) < 4.78 is 0. The Kier molecular flexibility index (Phi) is 5.19. The molecule has 0 saturated carbocycles. The second-order valence-corrected chi connectivity index (χ2v) is 3.11. The summed E-state index contributed by atoms with van der Waals surface area (Å²) in [5.74, 6) is -0.0403. The van der Waals surface area contributed by atoms with Gasteiger partial charge < -0.3 is 10.6 Å². The zero-order valence-corrected chi connectivity index (χ0v) is 8.86. The molecule has 0 radical (unpaired) electrons. The minimum atomic E-state index is -0.0403. The van der Waals surface area contributed by atoms with E-state index in [0.29, 0.717) is 12.1 Å². The van der Waals surface area contributed by atoms with Gasteiger partial charge in [0, 0.05) is 18.7 Å². The lowest BCUT2D eigenvalue weighted by Crippen LogP contribution is -2.31. The van der Waals surface area contributed by atoms with Gasteiger partial charge in [0.1, 0.15) is 0 Å². The minimum absolute atomic E-state index is 0.0403. The largest absolute Gasteiger partial charge is 0.351 e. The fourth-order valence-corrected chi connectivity index (χ4v) is 1.12. The van der Waals surface area contributed by atoms with Crippen molar-refractivity contribution in [1.82, 2.24) is 10.6 Å². The summed E-state index contributed by atoms with van der Waals surface area (Å²) in [7, 11) is 1.86. The predicted octanol–water partition coefficient (Wildman–Crippen LogP) is 0.931. The van der Waals surface area contributed by atoms with Gasteiger partial charge in [0.25, 0.3) is 5.91 Å². The summed E-state index contributed by atoms with van der Waals surface area (Å²) in [5.41, 5.74) is 0.673. The van der Waals surface area contributed by atoms with Gasteiger partial charge in [-0.3, -0.25) is 4.79 Å². The third-order valence-electron chi connectivity index (χ3n) is 1.92. The second-order valence-electron chi connectivity index (χ2n) is 3.11. The summed E-state index contributed by atoms with van der Waals surface area (Å²) in [4.78, 5) is 11.6. The molecule has 1 rings (SSSR count). The molecule has 0 heterocycles. The van der Waals surface area contributed by atoms with Gasteiger partial charge in [-0.2, -0.15) is 0 Å². The first-order chi connectivity index (χ1) is 7.34. The molecule has 1 aliphatic carbocycles. The highest BCUT2D eigenvalue weighted by molar-refractivity contribution is 5.96. The normalized spacial score (nSPS) is 18.6. The molecule has 0 fully saturated rings. The van der Waals surface area contributed by atoms with Crippen molar-refractivity contribution in [2.75, 3.05) is 20.1 Å². The molecule has 2 N–H and O–H groups in total. The average molecular weight is 204 g/mol. The lowest BCUT2D eigenvalue weighted by atomic mass is 10.1. The Morgan fingerprint density at radius 2 is 1.87 bits per heavy atom. The van der Waals surface area contributed by atoms with Gasteiger partial charge >= 0.3 is 0 Å². The van der Waals surface area contributed by atoms with Gasteiger partial charge in [-0.05, 0) is 19.2 Å². The first-order valence-electron chi connectivity index (χ1n) is 4.99. The molecule has 0 unspecified atom stereocenters. The number of likely N-dealkylation sites (N-methyl/N-ethyl adjacent to an activating group) is 1. The monoisotopic (exact) mass is 204 g/mol. The van der Waals surface area contributed by atoms with E-state index in [9.17, 15) is 4.79 Å². The zero-order valence-electron chi connectivity index (χ0n) is 8.86. The molecule has 3 heteroatoms. The van der Waals surface area contributed by atoms with Crippen molar-refractivity contribution < 1.29 is 4.79 Å². The highest BCUT2D eigenvalue weighted by Gasteiger charge is 2.03. The van der Waals surface area contributed by atoms with E-state index in [1.807, 2.05) is 37.4 Å². The summed E-state index contributed by atoms with van der Waals surface area (Å²) in [5, 5.41) is 5.79. The second kappa shape index (κ2) is 6.79. The Labute approximate surface area is 90.3 Å². The molecular formula is C12H16N2O. The topological polar surface area (TPSA) is 41.1 Å². The molecule has 15 heavy (non-hydrogen) atoms. The molecule has 0 aromatic carbocycles. The maximum atomic E-state index is 11.6. The number of hydrogen-bond acceptors (Lipinski definition) is 2. The number of rotatable bonds is 4. The zero-order chi connectivity index (χ0) is 10.9. The van der Waals surface area contributed by atoms with Crippen LogP contribution in [0.4, 0.5) is 0 Å². The first-order valence-corrected chi connectivity index (χ1v) is 4.99. The van der Waals surface area contributed by atoms with Gasteiger partial charge in [-0.1, -0.05) is 30.4 Å². The van der Waals surface area contributed by atoms with Crippen molar-refractivity contribution in [2.24, 2.45) is 0 Å². The molecule has 0 saturated heterocycles. The summed E-state index contributed by atoms with van der Waals surface area (Å²) in [6.07, 6.45) is 13.0. The number of carbonyl (C=O) groups excluding carboxylic acids is 1. The van der Waals surface area contributed by atoms with E-state index in [0.717, 1.165) is 6.54 Å². The molecule has 0 aliphatic heterocycles. The van der Waals surface area contributed by atoms with Gasteiger partial charge in [-0.25, -0.2) is 0 Å². The van der Waals surface area contributed by atoms with Gasteiger partial charge in [-0.15, -0.1) is 0 Å². The van der Waals surface area contributed by atoms with Gasteiger partial charge in [0.2, 0.25) is 0 Å². The molecule has 0 bridgehead atoms. The predicted molar refractivity (Wildman–Crippen MR) is 62.4 cm³/mol. The standard InChI is InChI=1S/C12H16N2O/c1-13-9-10-14-12(15)11-7-5-3-2-4-6-8-11/h2-8,13H,9-10H2,1H3,(H,14,15)/b3-2-,4-2?,5-3?,6-4-,7-5?,8-6?,11-7?,11-8?. The smallest absolute Gasteiger partial charge is 0.251 e. The third-order valence-corrected chi connectivity index (χ3v) is 1.92. The molecule has 1 amide bonds. The Hall–Kier alpha value is -1.61. The maximum absolute atomic E-state index is 11.6. The number of amides is 1. The SMILES string of the molecule is CNCCNC(=O)C1=C/C=C\C=C/C=C1. The van der Waals surface area contributed by atoms with Gasteiger partial charge in [0.05, 0.1) is 0 Å². The highest BCUT2D eigenvalue weighted by Crippen LogP contribution is 2.01. The van der Waals surface area contributed by atoms with Crippen LogP contribution in [0.5, 0.6) is 0 Å². The van der Waals surface area contributed by atoms with Crippen LogP contribution in [0.3, 0.4) is 0 Å². The quantitative estimate of drug-likeness (QED) is 0.669. The molecule has 0 spiro atoms. The van der Waals surface area contributed by atoms with E-state index in [-0.39, 0.29) is 5.91 Å². The average Bonchev–Trinajstić information content (AvgIpc) is 2.17. The fourth-order valence-electron chi connectivity index (χ4n) is 1.12. The van der Waals surface area contributed by atoms with Gasteiger partial charge in [0.15, 0.2) is 0 Å². The van der Waals surface area contributed by atoms with Crippen molar-refractivity contribution in [3.05, 3.63) is 48.1 Å². The molecule has 3 nitrogen and oxygen atoms in total. The summed E-state index contributed by atoms with van der Waals surface area (Å²) in [6.45, 7) is 1.42. The van der Waals surface area contributed by atoms with Crippen molar-refractivity contribution >= 4 is 5.91 Å². The molecule has 0 aromatic heterocycles. The fraction of sp³-hybridized carbons (Fsp3) is 0.250. The van der Waals surface area contributed by atoms with Crippen molar-refractivity contribution in [3.8, 4) is 0 Å². The molecule has 0 aromatic rings. The van der Waals surface area contributed by atoms with Crippen molar-refractivity contribution in [3.63, 3.8) is 0 Å². The van der Waals surface area contributed by atoms with Crippen LogP contribution < -0.4 is 10.6 Å². The van der Waals surface area contributed by atoms with Crippen LogP contribution in [-0.4, -0.2) is 26.0 Å². The van der Waals surface area contributed by atoms with Crippen molar-refractivity contribution in [2.45, 2.75) is 0 Å². The summed E-state index contributed by atoms with van der Waals surface area (Å²) in [6, 6.07) is 0. The molecule has 1 aliphatic rings. The number of carbonyl (C=O) groups is 1. The van der Waals surface area contributed by atoms with E-state index < -0.39 is 0 Å². The number of allylic oxidation sites excluding steroid dienone is 6. The third kappa shape index (κ3) is 4.42. The molecular weight excluding hydrogens is 188 g/mol. The Morgan fingerprint density at radius 1 is 1.13 bits per heavy atom. The van der Waals surface area contributed by atoms with E-state index >= 15 is 0 Å².